The highest BCUT2D eigenvalue weighted by molar-refractivity contribution is 7.98. The van der Waals surface area contributed by atoms with Crippen LogP contribution in [-0.4, -0.2) is 20.2 Å². The lowest BCUT2D eigenvalue weighted by molar-refractivity contribution is 0.306. The van der Waals surface area contributed by atoms with Gasteiger partial charge in [0.25, 0.3) is 10.8 Å². The van der Waals surface area contributed by atoms with Crippen molar-refractivity contribution in [1.82, 2.24) is 20.2 Å². The third-order valence-electron chi connectivity index (χ3n) is 4.57. The quantitative estimate of drug-likeness (QED) is 0.408. The maximum absolute atomic E-state index is 12.0. The Kier molecular flexibility index (Phi) is 6.32. The van der Waals surface area contributed by atoms with E-state index in [2.05, 4.69) is 20.2 Å². The van der Waals surface area contributed by atoms with Crippen LogP contribution in [0.1, 0.15) is 28.3 Å². The summed E-state index contributed by atoms with van der Waals surface area (Å²) in [6, 6.07) is 17.9. The van der Waals surface area contributed by atoms with Gasteiger partial charge in [0.15, 0.2) is 0 Å². The maximum atomic E-state index is 12.0. The van der Waals surface area contributed by atoms with Crippen molar-refractivity contribution in [3.05, 3.63) is 104 Å². The normalized spacial score (nSPS) is 10.9. The van der Waals surface area contributed by atoms with Gasteiger partial charge in [-0.3, -0.25) is 9.78 Å². The van der Waals surface area contributed by atoms with E-state index in [1.54, 1.807) is 6.92 Å². The van der Waals surface area contributed by atoms with Crippen LogP contribution < -0.4 is 16.0 Å². The highest BCUT2D eigenvalue weighted by atomic mass is 32.2. The zero-order valence-corrected chi connectivity index (χ0v) is 17.6. The van der Waals surface area contributed by atoms with Crippen molar-refractivity contribution in [2.75, 3.05) is 0 Å². The molecule has 0 spiro atoms. The fourth-order valence-electron chi connectivity index (χ4n) is 2.93. The van der Waals surface area contributed by atoms with Gasteiger partial charge in [0.2, 0.25) is 5.89 Å². The van der Waals surface area contributed by atoms with Crippen LogP contribution in [0.15, 0.2) is 73.8 Å². The lowest BCUT2D eigenvalue weighted by Crippen LogP contribution is -2.27. The Morgan fingerprint density at radius 3 is 2.48 bits per heavy atom. The summed E-state index contributed by atoms with van der Waals surface area (Å²) >= 11 is 1.41. The molecular formula is C22H20N4O4S. The third kappa shape index (κ3) is 5.52. The van der Waals surface area contributed by atoms with Crippen molar-refractivity contribution in [2.45, 2.75) is 30.9 Å². The Morgan fingerprint density at radius 1 is 0.968 bits per heavy atom. The van der Waals surface area contributed by atoms with Crippen LogP contribution in [0.25, 0.3) is 0 Å². The van der Waals surface area contributed by atoms with E-state index in [0.717, 1.165) is 16.9 Å². The lowest BCUT2D eigenvalue weighted by atomic mass is 10.2. The van der Waals surface area contributed by atoms with E-state index >= 15 is 0 Å². The van der Waals surface area contributed by atoms with Crippen LogP contribution >= 0.6 is 11.8 Å². The fraction of sp³-hybridized carbons (Fsp3) is 0.182. The number of aromatic amines is 2. The van der Waals surface area contributed by atoms with Crippen LogP contribution in [0.3, 0.4) is 0 Å². The molecule has 0 fully saturated rings. The van der Waals surface area contributed by atoms with E-state index in [4.69, 9.17) is 9.15 Å². The van der Waals surface area contributed by atoms with Gasteiger partial charge in [0.1, 0.15) is 12.4 Å². The van der Waals surface area contributed by atoms with Crippen LogP contribution in [-0.2, 0) is 18.8 Å². The molecule has 0 radical (unpaired) electrons. The van der Waals surface area contributed by atoms with Gasteiger partial charge in [-0.15, -0.1) is 10.2 Å². The molecule has 31 heavy (non-hydrogen) atoms. The molecule has 2 aromatic heterocycles. The molecule has 2 aromatic carbocycles. The molecule has 4 aromatic rings. The Labute approximate surface area is 181 Å². The minimum absolute atomic E-state index is 0.152. The van der Waals surface area contributed by atoms with E-state index in [0.29, 0.717) is 34.7 Å². The highest BCUT2D eigenvalue weighted by Gasteiger charge is 2.13. The molecule has 0 saturated carbocycles. The molecule has 0 unspecified atom stereocenters. The van der Waals surface area contributed by atoms with Crippen molar-refractivity contribution in [2.24, 2.45) is 0 Å². The predicted molar refractivity (Wildman–Crippen MR) is 116 cm³/mol. The molecule has 158 valence electrons. The molecule has 0 saturated heterocycles. The number of thioether (sulfide) groups is 1. The van der Waals surface area contributed by atoms with Crippen molar-refractivity contribution in [3.63, 3.8) is 0 Å². The minimum atomic E-state index is -0.537. The standard InChI is InChI=1S/C22H20N4O4S/c1-14-18(20(27)24-21(28)23-14)11-19-25-26-22(30-19)31-13-16-7-9-17(10-8-16)29-12-15-5-3-2-4-6-15/h2-10H,11-13H2,1H3,(H2,23,24,27,28). The smallest absolute Gasteiger partial charge is 0.325 e. The van der Waals surface area contributed by atoms with Gasteiger partial charge in [-0.2, -0.15) is 0 Å². The Hall–Kier alpha value is -3.59. The molecule has 2 heterocycles. The summed E-state index contributed by atoms with van der Waals surface area (Å²) in [5.41, 5.74) is 2.09. The van der Waals surface area contributed by atoms with Gasteiger partial charge in [0.05, 0.1) is 6.42 Å². The second-order valence-corrected chi connectivity index (χ2v) is 7.78. The third-order valence-corrected chi connectivity index (χ3v) is 5.45. The first-order valence-electron chi connectivity index (χ1n) is 9.60. The number of benzene rings is 2. The molecule has 4 rings (SSSR count). The monoisotopic (exact) mass is 436 g/mol. The zero-order chi connectivity index (χ0) is 21.6. The first-order chi connectivity index (χ1) is 15.1. The minimum Gasteiger partial charge on any atom is -0.489 e. The Balaban J connectivity index is 1.31. The fourth-order valence-corrected chi connectivity index (χ4v) is 3.66. The van der Waals surface area contributed by atoms with Crippen molar-refractivity contribution >= 4 is 11.8 Å². The number of aromatic nitrogens is 4. The summed E-state index contributed by atoms with van der Waals surface area (Å²) in [5, 5.41) is 8.43. The molecule has 0 aliphatic rings. The molecular weight excluding hydrogens is 416 g/mol. The molecule has 0 aliphatic heterocycles. The predicted octanol–water partition coefficient (Wildman–Crippen LogP) is 3.22. The second-order valence-electron chi connectivity index (χ2n) is 6.86. The van der Waals surface area contributed by atoms with E-state index in [9.17, 15) is 9.59 Å². The first kappa shape index (κ1) is 20.7. The molecule has 9 heteroatoms. The number of H-pyrrole nitrogens is 2. The number of nitrogens with one attached hydrogen (secondary N) is 2. The van der Waals surface area contributed by atoms with E-state index in [1.165, 1.54) is 11.8 Å². The average molecular weight is 436 g/mol. The van der Waals surface area contributed by atoms with Crippen molar-refractivity contribution < 1.29 is 9.15 Å². The van der Waals surface area contributed by atoms with Crippen LogP contribution in [0, 0.1) is 6.92 Å². The van der Waals surface area contributed by atoms with E-state index < -0.39 is 11.2 Å². The largest absolute Gasteiger partial charge is 0.489 e. The molecule has 0 atom stereocenters. The van der Waals surface area contributed by atoms with Gasteiger partial charge >= 0.3 is 5.69 Å². The van der Waals surface area contributed by atoms with Crippen LogP contribution in [0.5, 0.6) is 5.75 Å². The first-order valence-corrected chi connectivity index (χ1v) is 10.6. The Bertz CT molecular complexity index is 1260. The van der Waals surface area contributed by atoms with Crippen molar-refractivity contribution in [1.29, 1.82) is 0 Å². The lowest BCUT2D eigenvalue weighted by Gasteiger charge is -2.07. The summed E-state index contributed by atoms with van der Waals surface area (Å²) in [7, 11) is 0. The second kappa shape index (κ2) is 9.48. The van der Waals surface area contributed by atoms with Crippen LogP contribution in [0.2, 0.25) is 0 Å². The van der Waals surface area contributed by atoms with Gasteiger partial charge in [0, 0.05) is 17.0 Å². The summed E-state index contributed by atoms with van der Waals surface area (Å²) in [6.07, 6.45) is 0.152. The average Bonchev–Trinajstić information content (AvgIpc) is 3.22. The number of aryl methyl sites for hydroxylation is 1. The number of nitrogens with zero attached hydrogens (tertiary/aromatic N) is 2. The SMILES string of the molecule is Cc1[nH]c(=O)[nH]c(=O)c1Cc1nnc(SCc2ccc(OCc3ccccc3)cc2)o1. The molecule has 0 aliphatic carbocycles. The number of hydrogen-bond acceptors (Lipinski definition) is 7. The number of ether oxygens (including phenoxy) is 1. The van der Waals surface area contributed by atoms with Gasteiger partial charge < -0.3 is 14.1 Å². The van der Waals surface area contributed by atoms with E-state index in [-0.39, 0.29) is 6.42 Å². The molecule has 0 bridgehead atoms. The van der Waals surface area contributed by atoms with Gasteiger partial charge in [-0.05, 0) is 30.2 Å². The molecule has 0 amide bonds. The van der Waals surface area contributed by atoms with Gasteiger partial charge in [-0.1, -0.05) is 54.2 Å². The summed E-state index contributed by atoms with van der Waals surface area (Å²) in [5.74, 6) is 1.77. The van der Waals surface area contributed by atoms with E-state index in [1.807, 2.05) is 54.6 Å². The summed E-state index contributed by atoms with van der Waals surface area (Å²) < 4.78 is 11.4. The zero-order valence-electron chi connectivity index (χ0n) is 16.8. The Morgan fingerprint density at radius 2 is 1.74 bits per heavy atom. The summed E-state index contributed by atoms with van der Waals surface area (Å²) in [4.78, 5) is 28.0. The van der Waals surface area contributed by atoms with Crippen molar-refractivity contribution in [3.8, 4) is 5.75 Å². The molecule has 2 N–H and O–H groups in total. The number of hydrogen-bond donors (Lipinski definition) is 2. The van der Waals surface area contributed by atoms with Gasteiger partial charge in [-0.25, -0.2) is 4.79 Å². The van der Waals surface area contributed by atoms with Crippen LogP contribution in [0.4, 0.5) is 0 Å². The summed E-state index contributed by atoms with van der Waals surface area (Å²) in [6.45, 7) is 2.18. The highest BCUT2D eigenvalue weighted by Crippen LogP contribution is 2.23. The maximum Gasteiger partial charge on any atom is 0.325 e. The molecule has 8 nitrogen and oxygen atoms in total. The topological polar surface area (TPSA) is 114 Å². The number of rotatable bonds is 8.